The molecule has 2 aromatic heterocycles. The Bertz CT molecular complexity index is 829. The third-order valence-corrected chi connectivity index (χ3v) is 6.36. The monoisotopic (exact) mass is 375 g/mol. The molecule has 3 fully saturated rings. The molecule has 5 rings (SSSR count). The number of hydrogen-bond donors (Lipinski definition) is 3. The quantitative estimate of drug-likeness (QED) is 0.699. The Hall–Kier alpha value is -1.81. The first kappa shape index (κ1) is 17.3. The lowest BCUT2D eigenvalue weighted by molar-refractivity contribution is -0.0580. The SMILES string of the molecule is COC[C@@H]1O[C@H](n2cnc3c(N[C@@H]4CC5CCC4C5)ncnc32)[C@@H](O)[C@H]1O. The Kier molecular flexibility index (Phi) is 4.27. The van der Waals surface area contributed by atoms with Crippen molar-refractivity contribution < 1.29 is 19.7 Å². The summed E-state index contributed by atoms with van der Waals surface area (Å²) in [6.45, 7) is 0.202. The van der Waals surface area contributed by atoms with Gasteiger partial charge in [-0.15, -0.1) is 0 Å². The van der Waals surface area contributed by atoms with Crippen LogP contribution >= 0.6 is 0 Å². The van der Waals surface area contributed by atoms with Gasteiger partial charge in [-0.1, -0.05) is 6.42 Å². The molecule has 0 spiro atoms. The van der Waals surface area contributed by atoms with Gasteiger partial charge < -0.3 is 25.0 Å². The zero-order chi connectivity index (χ0) is 18.5. The van der Waals surface area contributed by atoms with Crippen LogP contribution in [0, 0.1) is 11.8 Å². The van der Waals surface area contributed by atoms with Gasteiger partial charge in [0.15, 0.2) is 23.2 Å². The number of nitrogens with zero attached hydrogens (tertiary/aromatic N) is 4. The van der Waals surface area contributed by atoms with E-state index in [2.05, 4.69) is 20.3 Å². The molecule has 2 aliphatic carbocycles. The molecule has 1 saturated heterocycles. The molecular formula is C18H25N5O4. The van der Waals surface area contributed by atoms with E-state index in [1.165, 1.54) is 39.1 Å². The van der Waals surface area contributed by atoms with E-state index < -0.39 is 24.5 Å². The van der Waals surface area contributed by atoms with E-state index >= 15 is 0 Å². The van der Waals surface area contributed by atoms with Crippen molar-refractivity contribution in [3.63, 3.8) is 0 Å². The Morgan fingerprint density at radius 2 is 2.11 bits per heavy atom. The van der Waals surface area contributed by atoms with E-state index in [4.69, 9.17) is 9.47 Å². The standard InChI is InChI=1S/C18H25N5O4/c1-26-6-12-14(24)15(25)18(27-12)23-8-21-13-16(19-7-20-17(13)23)22-11-5-9-2-3-10(11)4-9/h7-12,14-15,18,24-25H,2-6H2,1H3,(H,19,20,22)/t9?,10?,11-,12+,14+,15+,18+/m1/s1. The number of nitrogens with one attached hydrogen (secondary N) is 1. The Labute approximate surface area is 156 Å². The van der Waals surface area contributed by atoms with Crippen LogP contribution in [-0.2, 0) is 9.47 Å². The molecule has 146 valence electrons. The number of aromatic nitrogens is 4. The minimum atomic E-state index is -1.08. The number of methoxy groups -OCH3 is 1. The largest absolute Gasteiger partial charge is 0.387 e. The highest BCUT2D eigenvalue weighted by atomic mass is 16.6. The van der Waals surface area contributed by atoms with Crippen LogP contribution in [0.4, 0.5) is 5.82 Å². The zero-order valence-corrected chi connectivity index (χ0v) is 15.2. The number of anilines is 1. The van der Waals surface area contributed by atoms with E-state index in [1.54, 1.807) is 10.9 Å². The van der Waals surface area contributed by atoms with E-state index in [9.17, 15) is 10.2 Å². The number of aliphatic hydroxyl groups is 2. The molecule has 3 N–H and O–H groups in total. The summed E-state index contributed by atoms with van der Waals surface area (Å²) in [5.41, 5.74) is 1.23. The minimum Gasteiger partial charge on any atom is -0.387 e. The van der Waals surface area contributed by atoms with Gasteiger partial charge in [-0.3, -0.25) is 4.57 Å². The predicted molar refractivity (Wildman–Crippen MR) is 96.0 cm³/mol. The van der Waals surface area contributed by atoms with Crippen LogP contribution < -0.4 is 5.32 Å². The Morgan fingerprint density at radius 1 is 1.22 bits per heavy atom. The average Bonchev–Trinajstić information content (AvgIpc) is 3.43. The highest BCUT2D eigenvalue weighted by Crippen LogP contribution is 2.45. The van der Waals surface area contributed by atoms with Crippen LogP contribution in [0.25, 0.3) is 11.2 Å². The first-order chi connectivity index (χ1) is 13.2. The predicted octanol–water partition coefficient (Wildman–Crippen LogP) is 0.692. The van der Waals surface area contributed by atoms with Crippen LogP contribution in [0.3, 0.4) is 0 Å². The van der Waals surface area contributed by atoms with Crippen molar-refractivity contribution in [2.45, 2.75) is 56.3 Å². The molecule has 2 aromatic rings. The molecular weight excluding hydrogens is 350 g/mol. The molecule has 0 aromatic carbocycles. The Morgan fingerprint density at radius 3 is 2.85 bits per heavy atom. The van der Waals surface area contributed by atoms with Gasteiger partial charge in [0.2, 0.25) is 0 Å². The summed E-state index contributed by atoms with van der Waals surface area (Å²) in [6.07, 6.45) is 4.73. The van der Waals surface area contributed by atoms with Gasteiger partial charge in [0.05, 0.1) is 12.9 Å². The number of hydrogen-bond acceptors (Lipinski definition) is 8. The average molecular weight is 375 g/mol. The third kappa shape index (κ3) is 2.80. The summed E-state index contributed by atoms with van der Waals surface area (Å²) >= 11 is 0. The van der Waals surface area contributed by atoms with Crippen molar-refractivity contribution in [2.24, 2.45) is 11.8 Å². The van der Waals surface area contributed by atoms with Crippen LogP contribution in [0.2, 0.25) is 0 Å². The number of aliphatic hydroxyl groups excluding tert-OH is 2. The molecule has 2 bridgehead atoms. The van der Waals surface area contributed by atoms with Gasteiger partial charge >= 0.3 is 0 Å². The van der Waals surface area contributed by atoms with Crippen LogP contribution in [-0.4, -0.2) is 67.8 Å². The van der Waals surface area contributed by atoms with Crippen molar-refractivity contribution in [1.29, 1.82) is 0 Å². The van der Waals surface area contributed by atoms with Crippen LogP contribution in [0.15, 0.2) is 12.7 Å². The molecule has 9 heteroatoms. The fraction of sp³-hybridized carbons (Fsp3) is 0.722. The lowest BCUT2D eigenvalue weighted by Gasteiger charge is -2.23. The second-order valence-corrected chi connectivity index (χ2v) is 7.97. The van der Waals surface area contributed by atoms with Gasteiger partial charge in [-0.05, 0) is 31.1 Å². The fourth-order valence-corrected chi connectivity index (χ4v) is 5.00. The first-order valence-corrected chi connectivity index (χ1v) is 9.60. The van der Waals surface area contributed by atoms with E-state index in [-0.39, 0.29) is 6.61 Å². The summed E-state index contributed by atoms with van der Waals surface area (Å²) in [5.74, 6) is 2.27. The van der Waals surface area contributed by atoms with Gasteiger partial charge in [0, 0.05) is 13.2 Å². The molecule has 2 saturated carbocycles. The number of imidazole rings is 1. The van der Waals surface area contributed by atoms with Gasteiger partial charge in [0.1, 0.15) is 24.6 Å². The fourth-order valence-electron chi connectivity index (χ4n) is 5.00. The first-order valence-electron chi connectivity index (χ1n) is 9.60. The highest BCUT2D eigenvalue weighted by molar-refractivity contribution is 5.82. The van der Waals surface area contributed by atoms with Gasteiger partial charge in [-0.25, -0.2) is 15.0 Å². The molecule has 0 amide bonds. The summed E-state index contributed by atoms with van der Waals surface area (Å²) < 4.78 is 12.5. The molecule has 27 heavy (non-hydrogen) atoms. The second-order valence-electron chi connectivity index (χ2n) is 7.97. The maximum absolute atomic E-state index is 10.4. The normalized spacial score (nSPS) is 38.1. The molecule has 0 radical (unpaired) electrons. The lowest BCUT2D eigenvalue weighted by atomic mass is 9.95. The topological polar surface area (TPSA) is 115 Å². The maximum Gasteiger partial charge on any atom is 0.167 e. The molecule has 1 aliphatic heterocycles. The molecule has 3 aliphatic rings. The summed E-state index contributed by atoms with van der Waals surface area (Å²) in [6, 6.07) is 0.438. The lowest BCUT2D eigenvalue weighted by Crippen LogP contribution is -2.33. The molecule has 9 nitrogen and oxygen atoms in total. The van der Waals surface area contributed by atoms with E-state index in [0.717, 1.165) is 11.7 Å². The van der Waals surface area contributed by atoms with Crippen molar-refractivity contribution in [3.8, 4) is 0 Å². The smallest absolute Gasteiger partial charge is 0.167 e. The number of fused-ring (bicyclic) bond motifs is 3. The maximum atomic E-state index is 10.4. The van der Waals surface area contributed by atoms with E-state index in [1.807, 2.05) is 0 Å². The Balaban J connectivity index is 1.42. The van der Waals surface area contributed by atoms with Gasteiger partial charge in [-0.2, -0.15) is 0 Å². The van der Waals surface area contributed by atoms with Crippen molar-refractivity contribution in [2.75, 3.05) is 19.0 Å². The van der Waals surface area contributed by atoms with Crippen LogP contribution in [0.5, 0.6) is 0 Å². The molecule has 2 unspecified atom stereocenters. The van der Waals surface area contributed by atoms with Crippen molar-refractivity contribution >= 4 is 17.0 Å². The van der Waals surface area contributed by atoms with Gasteiger partial charge in [0.25, 0.3) is 0 Å². The summed E-state index contributed by atoms with van der Waals surface area (Å²) in [7, 11) is 1.53. The second kappa shape index (κ2) is 6.66. The van der Waals surface area contributed by atoms with E-state index in [0.29, 0.717) is 23.1 Å². The third-order valence-electron chi connectivity index (χ3n) is 6.36. The number of rotatable bonds is 5. The highest BCUT2D eigenvalue weighted by Gasteiger charge is 2.44. The molecule has 7 atom stereocenters. The zero-order valence-electron chi connectivity index (χ0n) is 15.2. The summed E-state index contributed by atoms with van der Waals surface area (Å²) in [4.78, 5) is 13.2. The van der Waals surface area contributed by atoms with Crippen molar-refractivity contribution in [1.82, 2.24) is 19.5 Å². The number of ether oxygens (including phenoxy) is 2. The minimum absolute atomic E-state index is 0.202. The van der Waals surface area contributed by atoms with Crippen LogP contribution in [0.1, 0.15) is 31.9 Å². The van der Waals surface area contributed by atoms with Crippen molar-refractivity contribution in [3.05, 3.63) is 12.7 Å². The molecule has 3 heterocycles. The summed E-state index contributed by atoms with van der Waals surface area (Å²) in [5, 5.41) is 24.2.